The molecule has 1 unspecified atom stereocenters. The van der Waals surface area contributed by atoms with Crippen molar-refractivity contribution in [3.05, 3.63) is 46.5 Å². The fraction of sp³-hybridized carbons (Fsp3) is 0.348. The van der Waals surface area contributed by atoms with Gasteiger partial charge in [0.25, 0.3) is 0 Å². The van der Waals surface area contributed by atoms with Crippen molar-refractivity contribution in [2.24, 2.45) is 0 Å². The number of fused-ring (bicyclic) bond motifs is 3. The second kappa shape index (κ2) is 9.48. The van der Waals surface area contributed by atoms with Gasteiger partial charge in [-0.1, -0.05) is 48.2 Å². The molecule has 172 valence electrons. The molecule has 33 heavy (non-hydrogen) atoms. The molecule has 10 heteroatoms. The van der Waals surface area contributed by atoms with E-state index in [1.807, 2.05) is 42.5 Å². The average Bonchev–Trinajstić information content (AvgIpc) is 3.34. The van der Waals surface area contributed by atoms with Gasteiger partial charge in [-0.15, -0.1) is 10.2 Å². The molecule has 0 saturated heterocycles. The Kier molecular flexibility index (Phi) is 6.66. The van der Waals surface area contributed by atoms with Crippen LogP contribution in [0.4, 0.5) is 5.13 Å². The summed E-state index contributed by atoms with van der Waals surface area (Å²) >= 11 is 2.48. The minimum Gasteiger partial charge on any atom is -0.459 e. The number of anilines is 1. The molecular formula is C23H25N5O3S2. The highest BCUT2D eigenvalue weighted by Gasteiger charge is 2.24. The number of hydrogen-bond acceptors (Lipinski definition) is 8. The first-order valence-corrected chi connectivity index (χ1v) is 12.4. The third-order valence-electron chi connectivity index (χ3n) is 5.04. The van der Waals surface area contributed by atoms with E-state index in [0.717, 1.165) is 33.5 Å². The third-order valence-corrected chi connectivity index (χ3v) is 7.40. The summed E-state index contributed by atoms with van der Waals surface area (Å²) in [6, 6.07) is 10.1. The van der Waals surface area contributed by atoms with Gasteiger partial charge in [0.05, 0.1) is 22.6 Å². The van der Waals surface area contributed by atoms with E-state index >= 15 is 0 Å². The van der Waals surface area contributed by atoms with Crippen molar-refractivity contribution < 1.29 is 14.3 Å². The van der Waals surface area contributed by atoms with E-state index in [-0.39, 0.29) is 12.0 Å². The van der Waals surface area contributed by atoms with E-state index in [9.17, 15) is 9.59 Å². The van der Waals surface area contributed by atoms with Crippen molar-refractivity contribution in [1.29, 1.82) is 0 Å². The minimum absolute atomic E-state index is 0.201. The molecular weight excluding hydrogens is 458 g/mol. The number of pyridine rings is 1. The van der Waals surface area contributed by atoms with Crippen molar-refractivity contribution in [3.8, 4) is 0 Å². The number of nitrogens with zero attached hydrogens (tertiary/aromatic N) is 4. The predicted octanol–water partition coefficient (Wildman–Crippen LogP) is 5.03. The number of aryl methyl sites for hydroxylation is 2. The number of nitrogens with one attached hydrogen (secondary N) is 1. The van der Waals surface area contributed by atoms with Gasteiger partial charge in [0.2, 0.25) is 5.91 Å². The van der Waals surface area contributed by atoms with Crippen LogP contribution in [-0.2, 0) is 9.53 Å². The molecule has 0 aliphatic heterocycles. The highest BCUT2D eigenvalue weighted by molar-refractivity contribution is 8.00. The molecule has 3 aromatic heterocycles. The van der Waals surface area contributed by atoms with Gasteiger partial charge in [0, 0.05) is 5.39 Å². The molecule has 1 N–H and O–H groups in total. The number of hydrogen-bond donors (Lipinski definition) is 1. The van der Waals surface area contributed by atoms with Gasteiger partial charge in [0.1, 0.15) is 4.88 Å². The van der Waals surface area contributed by atoms with Crippen LogP contribution in [0.15, 0.2) is 35.5 Å². The first-order valence-electron chi connectivity index (χ1n) is 10.7. The van der Waals surface area contributed by atoms with Gasteiger partial charge in [-0.3, -0.25) is 9.20 Å². The van der Waals surface area contributed by atoms with E-state index in [1.54, 1.807) is 20.8 Å². The maximum Gasteiger partial charge on any atom is 0.350 e. The SMILES string of the molecule is CCC(Sc1nnc2cc(C)c3ccccc3n12)C(=O)Nc1nc(C)c(C(=O)OC(C)C)s1. The van der Waals surface area contributed by atoms with E-state index in [0.29, 0.717) is 27.3 Å². The molecule has 1 atom stereocenters. The Labute approximate surface area is 199 Å². The van der Waals surface area contributed by atoms with Crippen LogP contribution in [0.3, 0.4) is 0 Å². The van der Waals surface area contributed by atoms with Crippen LogP contribution in [0, 0.1) is 13.8 Å². The average molecular weight is 484 g/mol. The Hall–Kier alpha value is -2.98. The normalized spacial score (nSPS) is 12.4. The van der Waals surface area contributed by atoms with Crippen molar-refractivity contribution in [3.63, 3.8) is 0 Å². The number of para-hydroxylation sites is 1. The highest BCUT2D eigenvalue weighted by Crippen LogP contribution is 2.30. The second-order valence-corrected chi connectivity index (χ2v) is 10.1. The monoisotopic (exact) mass is 483 g/mol. The summed E-state index contributed by atoms with van der Waals surface area (Å²) < 4.78 is 7.24. The zero-order valence-corrected chi connectivity index (χ0v) is 20.7. The smallest absolute Gasteiger partial charge is 0.350 e. The van der Waals surface area contributed by atoms with Crippen LogP contribution in [-0.4, -0.2) is 42.8 Å². The summed E-state index contributed by atoms with van der Waals surface area (Å²) in [4.78, 5) is 30.0. The number of ether oxygens (including phenoxy) is 1. The Morgan fingerprint density at radius 2 is 1.97 bits per heavy atom. The number of rotatable bonds is 7. The Morgan fingerprint density at radius 3 is 2.70 bits per heavy atom. The number of amides is 1. The molecule has 1 amide bonds. The molecule has 0 saturated carbocycles. The van der Waals surface area contributed by atoms with Crippen LogP contribution >= 0.6 is 23.1 Å². The molecule has 4 rings (SSSR count). The molecule has 8 nitrogen and oxygen atoms in total. The van der Waals surface area contributed by atoms with Gasteiger partial charge < -0.3 is 10.1 Å². The first-order chi connectivity index (χ1) is 15.8. The lowest BCUT2D eigenvalue weighted by molar-refractivity contribution is -0.115. The molecule has 0 bridgehead atoms. The molecule has 1 aromatic carbocycles. The van der Waals surface area contributed by atoms with Crippen molar-refractivity contribution in [2.75, 3.05) is 5.32 Å². The fourth-order valence-corrected chi connectivity index (χ4v) is 5.32. The maximum atomic E-state index is 13.1. The van der Waals surface area contributed by atoms with Gasteiger partial charge in [-0.25, -0.2) is 9.78 Å². The number of esters is 1. The maximum absolute atomic E-state index is 13.1. The summed E-state index contributed by atoms with van der Waals surface area (Å²) in [5.74, 6) is -0.632. The largest absolute Gasteiger partial charge is 0.459 e. The number of carbonyl (C=O) groups excluding carboxylic acids is 2. The van der Waals surface area contributed by atoms with Crippen molar-refractivity contribution in [2.45, 2.75) is 57.5 Å². The Balaban J connectivity index is 1.57. The van der Waals surface area contributed by atoms with E-state index in [2.05, 4.69) is 26.6 Å². The van der Waals surface area contributed by atoms with Crippen LogP contribution in [0.25, 0.3) is 16.6 Å². The predicted molar refractivity (Wildman–Crippen MR) is 131 cm³/mol. The number of thioether (sulfide) groups is 1. The van der Waals surface area contributed by atoms with Crippen LogP contribution in [0.1, 0.15) is 48.1 Å². The molecule has 0 aliphatic carbocycles. The van der Waals surface area contributed by atoms with Crippen molar-refractivity contribution >= 4 is 56.7 Å². The molecule has 0 fully saturated rings. The van der Waals surface area contributed by atoms with Crippen LogP contribution in [0.2, 0.25) is 0 Å². The van der Waals surface area contributed by atoms with Crippen molar-refractivity contribution in [1.82, 2.24) is 19.6 Å². The third kappa shape index (κ3) is 4.72. The first kappa shape index (κ1) is 23.2. The van der Waals surface area contributed by atoms with Gasteiger partial charge >= 0.3 is 5.97 Å². The Bertz CT molecular complexity index is 1340. The number of carbonyl (C=O) groups is 2. The van der Waals surface area contributed by atoms with Gasteiger partial charge in [-0.2, -0.15) is 0 Å². The molecule has 3 heterocycles. The second-order valence-electron chi connectivity index (χ2n) is 7.91. The van der Waals surface area contributed by atoms with Gasteiger partial charge in [-0.05, 0) is 51.8 Å². The zero-order valence-electron chi connectivity index (χ0n) is 19.1. The lowest BCUT2D eigenvalue weighted by Crippen LogP contribution is -2.24. The van der Waals surface area contributed by atoms with Crippen LogP contribution < -0.4 is 5.32 Å². The zero-order chi connectivity index (χ0) is 23.7. The lowest BCUT2D eigenvalue weighted by atomic mass is 10.1. The van der Waals surface area contributed by atoms with E-state index in [1.165, 1.54) is 11.8 Å². The summed E-state index contributed by atoms with van der Waals surface area (Å²) in [6.07, 6.45) is 0.359. The fourth-order valence-electron chi connectivity index (χ4n) is 3.49. The van der Waals surface area contributed by atoms with Crippen LogP contribution in [0.5, 0.6) is 0 Å². The molecule has 0 spiro atoms. The van der Waals surface area contributed by atoms with E-state index < -0.39 is 11.2 Å². The quantitative estimate of drug-likeness (QED) is 0.291. The minimum atomic E-state index is -0.431. The van der Waals surface area contributed by atoms with E-state index in [4.69, 9.17) is 4.74 Å². The van der Waals surface area contributed by atoms with Gasteiger partial charge in [0.15, 0.2) is 15.9 Å². The number of benzene rings is 1. The standard InChI is InChI=1S/C23H25N5O3S2/c1-6-17(20(29)25-22-24-14(5)19(33-22)21(30)31-12(2)3)32-23-27-26-18-11-13(4)15-9-7-8-10-16(15)28(18)23/h7-12,17H,6H2,1-5H3,(H,24,25,29). The molecule has 0 radical (unpaired) electrons. The number of thiazole rings is 1. The summed E-state index contributed by atoms with van der Waals surface area (Å²) in [7, 11) is 0. The summed E-state index contributed by atoms with van der Waals surface area (Å²) in [6.45, 7) is 9.30. The summed E-state index contributed by atoms with van der Waals surface area (Å²) in [5.41, 5.74) is 3.40. The molecule has 4 aromatic rings. The molecule has 0 aliphatic rings. The Morgan fingerprint density at radius 1 is 1.21 bits per heavy atom. The summed E-state index contributed by atoms with van der Waals surface area (Å²) in [5, 5.41) is 13.3. The highest BCUT2D eigenvalue weighted by atomic mass is 32.2. The lowest BCUT2D eigenvalue weighted by Gasteiger charge is -2.13. The number of aromatic nitrogens is 4. The topological polar surface area (TPSA) is 98.5 Å².